The van der Waals surface area contributed by atoms with Crippen molar-refractivity contribution in [1.82, 2.24) is 14.5 Å². The Balaban J connectivity index is 0.000000474. The van der Waals surface area contributed by atoms with Gasteiger partial charge in [0.05, 0.1) is 0 Å². The van der Waals surface area contributed by atoms with Gasteiger partial charge in [-0.15, -0.1) is 41.1 Å². The summed E-state index contributed by atoms with van der Waals surface area (Å²) in [7, 11) is 1.98. The average Bonchev–Trinajstić information content (AvgIpc) is 3.65. The normalized spacial score (nSPS) is 11.5. The first-order valence-electron chi connectivity index (χ1n) is 12.6. The molecule has 0 fully saturated rings. The Bertz CT molecular complexity index is 1650. The van der Waals surface area contributed by atoms with Gasteiger partial charge in [0.15, 0.2) is 0 Å². The summed E-state index contributed by atoms with van der Waals surface area (Å²) in [6.07, 6.45) is 15.8. The molecule has 7 heteroatoms. The molecular formula is C35H25N4OPt2-3. The fourth-order valence-corrected chi connectivity index (χ4v) is 4.07. The van der Waals surface area contributed by atoms with Crippen LogP contribution >= 0.6 is 0 Å². The SMILES string of the molecule is Cc1[c-]c(-c2[c-]c(-c3[c-]ccc(Oc4[c-]c(N5C=CN(C)[CH-]5)ccc4)[c-]3)ncc2)cc(C)c1.[C-]#Cn1cccc1.[Pt+4].[Pt]. The molecule has 0 saturated heterocycles. The van der Waals surface area contributed by atoms with Gasteiger partial charge in [-0.1, -0.05) is 19.6 Å². The number of anilines is 1. The second-order valence-corrected chi connectivity index (χ2v) is 9.12. The van der Waals surface area contributed by atoms with Gasteiger partial charge >= 0.3 is 21.1 Å². The monoisotopic (exact) mass is 907 g/mol. The Labute approximate surface area is 277 Å². The van der Waals surface area contributed by atoms with Crippen LogP contribution in [0.25, 0.3) is 22.4 Å². The zero-order valence-corrected chi connectivity index (χ0v) is 27.6. The van der Waals surface area contributed by atoms with Crippen molar-refractivity contribution < 1.29 is 46.9 Å². The number of benzene rings is 3. The maximum Gasteiger partial charge on any atom is 4.00 e. The van der Waals surface area contributed by atoms with Crippen LogP contribution in [0.4, 0.5) is 5.69 Å². The van der Waals surface area contributed by atoms with Crippen LogP contribution in [0.5, 0.6) is 11.5 Å². The van der Waals surface area contributed by atoms with Gasteiger partial charge in [-0.25, -0.2) is 23.2 Å². The quantitative estimate of drug-likeness (QED) is 0.140. The van der Waals surface area contributed by atoms with E-state index in [4.69, 9.17) is 11.2 Å². The number of hydrogen-bond acceptors (Lipinski definition) is 4. The molecule has 0 bridgehead atoms. The number of aryl methyl sites for hydroxylation is 2. The summed E-state index contributed by atoms with van der Waals surface area (Å²) >= 11 is 0. The van der Waals surface area contributed by atoms with Crippen LogP contribution in [0, 0.1) is 63.3 Å². The number of hydrogen-bond donors (Lipinski definition) is 0. The van der Waals surface area contributed by atoms with Crippen LogP contribution in [-0.2, 0) is 42.1 Å². The number of nitrogens with zero attached hydrogens (tertiary/aromatic N) is 4. The van der Waals surface area contributed by atoms with Gasteiger partial charge < -0.3 is 42.1 Å². The van der Waals surface area contributed by atoms with Crippen molar-refractivity contribution in [2.24, 2.45) is 0 Å². The summed E-state index contributed by atoms with van der Waals surface area (Å²) in [5.74, 6) is 1.17. The minimum absolute atomic E-state index is 0. The molecule has 3 heterocycles. The molecule has 1 aliphatic rings. The van der Waals surface area contributed by atoms with Crippen molar-refractivity contribution in [3.8, 4) is 39.9 Å². The fraction of sp³-hybridized carbons (Fsp3) is 0.0857. The molecule has 0 aliphatic carbocycles. The van der Waals surface area contributed by atoms with Crippen molar-refractivity contribution in [1.29, 1.82) is 0 Å². The van der Waals surface area contributed by atoms with Crippen molar-refractivity contribution >= 4 is 5.69 Å². The van der Waals surface area contributed by atoms with Gasteiger partial charge in [0, 0.05) is 39.2 Å². The molecule has 3 aromatic carbocycles. The number of ether oxygens (including phenoxy) is 1. The molecule has 0 unspecified atom stereocenters. The van der Waals surface area contributed by atoms with Crippen LogP contribution in [-0.4, -0.2) is 21.5 Å². The molecule has 0 atom stereocenters. The second-order valence-electron chi connectivity index (χ2n) is 9.12. The van der Waals surface area contributed by atoms with Crippen molar-refractivity contribution in [2.75, 3.05) is 11.9 Å². The molecule has 0 N–H and O–H groups in total. The molecule has 6 rings (SSSR count). The predicted molar refractivity (Wildman–Crippen MR) is 156 cm³/mol. The number of aromatic nitrogens is 2. The van der Waals surface area contributed by atoms with Crippen LogP contribution < -0.4 is 9.64 Å². The fourth-order valence-electron chi connectivity index (χ4n) is 4.07. The van der Waals surface area contributed by atoms with Gasteiger partial charge in [0.2, 0.25) is 0 Å². The Morgan fingerprint density at radius 3 is 2.38 bits per heavy atom. The third kappa shape index (κ3) is 8.59. The standard InChI is InChI=1S/C29H21N3O.C6H4N.2Pt/c1-21-14-22(2)16-25(15-21)23-10-11-30-29(18-23)24-6-4-8-27(17-24)33-28-9-5-7-26(19-28)32-13-12-31(3)20-32;1-2-7-5-3-4-6-7;;/h4-5,7-15,20H,1-3H3;3-6H;;/q-6;-1;;+4. The second kappa shape index (κ2) is 15.4. The van der Waals surface area contributed by atoms with E-state index in [0.717, 1.165) is 22.4 Å². The van der Waals surface area contributed by atoms with Crippen molar-refractivity contribution in [3.63, 3.8) is 0 Å². The van der Waals surface area contributed by atoms with Crippen LogP contribution in [0.15, 0.2) is 91.7 Å². The predicted octanol–water partition coefficient (Wildman–Crippen LogP) is 7.05. The minimum Gasteiger partial charge on any atom is -0.669 e. The van der Waals surface area contributed by atoms with E-state index < -0.39 is 0 Å². The van der Waals surface area contributed by atoms with E-state index in [-0.39, 0.29) is 42.1 Å². The molecule has 0 saturated carbocycles. The summed E-state index contributed by atoms with van der Waals surface area (Å²) in [5, 5.41) is 0. The van der Waals surface area contributed by atoms with E-state index >= 15 is 0 Å². The first-order valence-corrected chi connectivity index (χ1v) is 12.6. The van der Waals surface area contributed by atoms with E-state index in [1.807, 2.05) is 91.4 Å². The summed E-state index contributed by atoms with van der Waals surface area (Å²) in [4.78, 5) is 8.44. The van der Waals surface area contributed by atoms with Crippen molar-refractivity contribution in [2.45, 2.75) is 13.8 Å². The van der Waals surface area contributed by atoms with Crippen LogP contribution in [0.3, 0.4) is 0 Å². The Hall–Kier alpha value is -3.83. The largest absolute Gasteiger partial charge is 4.00 e. The molecule has 5 aromatic rings. The van der Waals surface area contributed by atoms with Crippen LogP contribution in [0.1, 0.15) is 11.1 Å². The van der Waals surface area contributed by atoms with E-state index in [1.165, 1.54) is 5.56 Å². The Kier molecular flexibility index (Phi) is 12.0. The summed E-state index contributed by atoms with van der Waals surface area (Å²) < 4.78 is 7.60. The molecule has 2 aromatic heterocycles. The smallest absolute Gasteiger partial charge is 0.669 e. The number of pyridine rings is 1. The maximum atomic E-state index is 6.57. The van der Waals surface area contributed by atoms with Gasteiger partial charge in [-0.2, -0.15) is 42.7 Å². The average molecular weight is 908 g/mol. The van der Waals surface area contributed by atoms with E-state index in [2.05, 4.69) is 60.4 Å². The van der Waals surface area contributed by atoms with Gasteiger partial charge in [0.25, 0.3) is 0 Å². The molecule has 5 nitrogen and oxygen atoms in total. The third-order valence-corrected chi connectivity index (χ3v) is 5.84. The molecule has 1 aliphatic heterocycles. The van der Waals surface area contributed by atoms with Crippen LogP contribution in [0.2, 0.25) is 0 Å². The minimum atomic E-state index is 0. The van der Waals surface area contributed by atoms with Crippen molar-refractivity contribution in [3.05, 3.63) is 146 Å². The third-order valence-electron chi connectivity index (χ3n) is 5.84. The summed E-state index contributed by atoms with van der Waals surface area (Å²) in [6, 6.07) is 38.0. The molecule has 42 heavy (non-hydrogen) atoms. The first-order chi connectivity index (χ1) is 19.5. The topological polar surface area (TPSA) is 33.5 Å². The maximum absolute atomic E-state index is 6.57. The van der Waals surface area contributed by atoms with Gasteiger partial charge in [-0.05, 0) is 37.8 Å². The van der Waals surface area contributed by atoms with E-state index in [0.29, 0.717) is 22.8 Å². The zero-order valence-electron chi connectivity index (χ0n) is 23.1. The molecule has 0 radical (unpaired) electrons. The van der Waals surface area contributed by atoms with Gasteiger partial charge in [0.1, 0.15) is 0 Å². The first kappa shape index (κ1) is 32.7. The van der Waals surface area contributed by atoms with E-state index in [1.54, 1.807) is 23.2 Å². The van der Waals surface area contributed by atoms with Gasteiger partial charge in [-0.3, -0.25) is 12.1 Å². The molecule has 0 amide bonds. The van der Waals surface area contributed by atoms with E-state index in [9.17, 15) is 0 Å². The summed E-state index contributed by atoms with van der Waals surface area (Å²) in [5.41, 5.74) is 6.44. The zero-order chi connectivity index (χ0) is 27.9. The Morgan fingerprint density at radius 1 is 0.905 bits per heavy atom. The molecule has 0 spiro atoms. The summed E-state index contributed by atoms with van der Waals surface area (Å²) in [6.45, 7) is 6.10. The molecular weight excluding hydrogens is 883 g/mol. The number of rotatable bonds is 5. The Morgan fingerprint density at radius 2 is 1.69 bits per heavy atom. The molecule has 214 valence electrons.